The highest BCUT2D eigenvalue weighted by atomic mass is 16.6. The number of ether oxygens (including phenoxy) is 2. The molecule has 6 nitrogen and oxygen atoms in total. The van der Waals surface area contributed by atoms with Crippen LogP contribution in [0.3, 0.4) is 0 Å². The van der Waals surface area contributed by atoms with Gasteiger partial charge in [-0.05, 0) is 39.2 Å². The van der Waals surface area contributed by atoms with Gasteiger partial charge in [0.1, 0.15) is 12.2 Å². The molecular weight excluding hydrogens is 332 g/mol. The Kier molecular flexibility index (Phi) is 6.51. The molecule has 26 heavy (non-hydrogen) atoms. The number of rotatable bonds is 2. The summed E-state index contributed by atoms with van der Waals surface area (Å²) in [5.74, 6) is 0.120. The fourth-order valence-corrected chi connectivity index (χ4v) is 2.89. The van der Waals surface area contributed by atoms with Gasteiger partial charge in [-0.1, -0.05) is 37.3 Å². The Hall–Kier alpha value is -2.24. The van der Waals surface area contributed by atoms with Crippen molar-refractivity contribution in [2.45, 2.75) is 52.9 Å². The van der Waals surface area contributed by atoms with E-state index in [1.54, 1.807) is 9.80 Å². The molecule has 0 radical (unpaired) electrons. The topological polar surface area (TPSA) is 59.1 Å². The van der Waals surface area contributed by atoms with Crippen molar-refractivity contribution >= 4 is 12.2 Å². The molecule has 1 unspecified atom stereocenters. The first kappa shape index (κ1) is 20.1. The molecule has 0 N–H and O–H groups in total. The van der Waals surface area contributed by atoms with Crippen molar-refractivity contribution in [3.8, 4) is 0 Å². The molecule has 1 aliphatic heterocycles. The zero-order chi connectivity index (χ0) is 19.3. The van der Waals surface area contributed by atoms with E-state index in [-0.39, 0.29) is 30.8 Å². The van der Waals surface area contributed by atoms with Crippen LogP contribution < -0.4 is 0 Å². The van der Waals surface area contributed by atoms with Crippen molar-refractivity contribution in [1.29, 1.82) is 0 Å². The van der Waals surface area contributed by atoms with Crippen molar-refractivity contribution in [2.75, 3.05) is 19.6 Å². The SMILES string of the molecule is CC1CN(C(=O)OCc2ccccc2)CCN(C(=O)OC(C)(C)C)[C@@H]1C. The van der Waals surface area contributed by atoms with E-state index in [2.05, 4.69) is 0 Å². The highest BCUT2D eigenvalue weighted by Crippen LogP contribution is 2.20. The van der Waals surface area contributed by atoms with Crippen molar-refractivity contribution in [1.82, 2.24) is 9.80 Å². The van der Waals surface area contributed by atoms with E-state index in [0.717, 1.165) is 5.56 Å². The molecule has 1 fully saturated rings. The van der Waals surface area contributed by atoms with Crippen molar-refractivity contribution in [3.05, 3.63) is 35.9 Å². The summed E-state index contributed by atoms with van der Waals surface area (Å²) in [7, 11) is 0. The maximum atomic E-state index is 12.5. The molecular formula is C20H30N2O4. The van der Waals surface area contributed by atoms with Crippen LogP contribution in [0.25, 0.3) is 0 Å². The molecule has 0 aliphatic carbocycles. The highest BCUT2D eigenvalue weighted by Gasteiger charge is 2.34. The van der Waals surface area contributed by atoms with E-state index in [1.165, 1.54) is 0 Å². The summed E-state index contributed by atoms with van der Waals surface area (Å²) in [5, 5.41) is 0. The third-order valence-corrected chi connectivity index (χ3v) is 4.53. The molecule has 2 atom stereocenters. The molecule has 0 aromatic heterocycles. The number of carbonyl (C=O) groups excluding carboxylic acids is 2. The van der Waals surface area contributed by atoms with Gasteiger partial charge in [-0.3, -0.25) is 0 Å². The third kappa shape index (κ3) is 5.64. The van der Waals surface area contributed by atoms with Crippen LogP contribution in [0, 0.1) is 5.92 Å². The van der Waals surface area contributed by atoms with Gasteiger partial charge in [-0.2, -0.15) is 0 Å². The van der Waals surface area contributed by atoms with Gasteiger partial charge < -0.3 is 19.3 Å². The predicted octanol–water partition coefficient (Wildman–Crippen LogP) is 3.90. The zero-order valence-corrected chi connectivity index (χ0v) is 16.4. The Morgan fingerprint density at radius 1 is 1.08 bits per heavy atom. The number of hydrogen-bond acceptors (Lipinski definition) is 4. The fraction of sp³-hybridized carbons (Fsp3) is 0.600. The minimum atomic E-state index is -0.541. The van der Waals surface area contributed by atoms with Gasteiger partial charge in [0.15, 0.2) is 0 Å². The fourth-order valence-electron chi connectivity index (χ4n) is 2.89. The van der Waals surface area contributed by atoms with Crippen molar-refractivity contribution in [2.24, 2.45) is 5.92 Å². The second-order valence-electron chi connectivity index (χ2n) is 7.88. The lowest BCUT2D eigenvalue weighted by molar-refractivity contribution is 0.0154. The monoisotopic (exact) mass is 362 g/mol. The average molecular weight is 362 g/mol. The zero-order valence-electron chi connectivity index (χ0n) is 16.4. The molecule has 0 spiro atoms. The molecule has 1 heterocycles. The van der Waals surface area contributed by atoms with Gasteiger partial charge in [0, 0.05) is 25.7 Å². The number of carbonyl (C=O) groups is 2. The van der Waals surface area contributed by atoms with Crippen LogP contribution in [-0.4, -0.2) is 53.3 Å². The molecule has 144 valence electrons. The van der Waals surface area contributed by atoms with E-state index in [4.69, 9.17) is 9.47 Å². The Morgan fingerprint density at radius 2 is 1.73 bits per heavy atom. The van der Waals surface area contributed by atoms with E-state index in [9.17, 15) is 9.59 Å². The summed E-state index contributed by atoms with van der Waals surface area (Å²) in [6.07, 6.45) is -0.685. The quantitative estimate of drug-likeness (QED) is 0.800. The van der Waals surface area contributed by atoms with Crippen LogP contribution in [0.1, 0.15) is 40.2 Å². The van der Waals surface area contributed by atoms with Crippen LogP contribution >= 0.6 is 0 Å². The van der Waals surface area contributed by atoms with Gasteiger partial charge >= 0.3 is 12.2 Å². The molecule has 1 aliphatic rings. The van der Waals surface area contributed by atoms with Gasteiger partial charge in [-0.15, -0.1) is 0 Å². The van der Waals surface area contributed by atoms with Crippen LogP contribution in [0.2, 0.25) is 0 Å². The maximum Gasteiger partial charge on any atom is 0.410 e. The Morgan fingerprint density at radius 3 is 2.35 bits per heavy atom. The maximum absolute atomic E-state index is 12.5. The first-order valence-electron chi connectivity index (χ1n) is 9.12. The van der Waals surface area contributed by atoms with E-state index in [0.29, 0.717) is 19.6 Å². The standard InChI is InChI=1S/C20H30N2O4/c1-15-13-21(18(23)25-14-17-9-7-6-8-10-17)11-12-22(16(15)2)19(24)26-20(3,4)5/h6-10,15-16H,11-14H2,1-5H3/t15?,16-/m1/s1. The van der Waals surface area contributed by atoms with E-state index >= 15 is 0 Å². The third-order valence-electron chi connectivity index (χ3n) is 4.53. The van der Waals surface area contributed by atoms with Gasteiger partial charge in [0.2, 0.25) is 0 Å². The highest BCUT2D eigenvalue weighted by molar-refractivity contribution is 5.70. The van der Waals surface area contributed by atoms with Crippen LogP contribution in [0.4, 0.5) is 9.59 Å². The number of amides is 2. The minimum Gasteiger partial charge on any atom is -0.445 e. The largest absolute Gasteiger partial charge is 0.445 e. The summed E-state index contributed by atoms with van der Waals surface area (Å²) < 4.78 is 10.9. The molecule has 0 bridgehead atoms. The summed E-state index contributed by atoms with van der Waals surface area (Å²) >= 11 is 0. The van der Waals surface area contributed by atoms with E-state index in [1.807, 2.05) is 65.0 Å². The Balaban J connectivity index is 1.96. The minimum absolute atomic E-state index is 0.0169. The van der Waals surface area contributed by atoms with E-state index < -0.39 is 5.60 Å². The molecule has 1 aromatic carbocycles. The predicted molar refractivity (Wildman–Crippen MR) is 99.8 cm³/mol. The number of benzene rings is 1. The van der Waals surface area contributed by atoms with Crippen LogP contribution in [0.15, 0.2) is 30.3 Å². The molecule has 2 amide bonds. The summed E-state index contributed by atoms with van der Waals surface area (Å²) in [6, 6.07) is 9.58. The normalized spacial score (nSPS) is 21.1. The van der Waals surface area contributed by atoms with Crippen molar-refractivity contribution in [3.63, 3.8) is 0 Å². The number of hydrogen-bond donors (Lipinski definition) is 0. The van der Waals surface area contributed by atoms with Gasteiger partial charge in [-0.25, -0.2) is 9.59 Å². The van der Waals surface area contributed by atoms with Crippen LogP contribution in [-0.2, 0) is 16.1 Å². The molecule has 1 saturated heterocycles. The number of nitrogens with zero attached hydrogens (tertiary/aromatic N) is 2. The van der Waals surface area contributed by atoms with Crippen molar-refractivity contribution < 1.29 is 19.1 Å². The van der Waals surface area contributed by atoms with Gasteiger partial charge in [0.05, 0.1) is 0 Å². The summed E-state index contributed by atoms with van der Waals surface area (Å²) in [6.45, 7) is 11.2. The lowest BCUT2D eigenvalue weighted by Crippen LogP contribution is -2.45. The summed E-state index contributed by atoms with van der Waals surface area (Å²) in [4.78, 5) is 28.3. The second-order valence-corrected chi connectivity index (χ2v) is 7.88. The first-order chi connectivity index (χ1) is 12.2. The lowest BCUT2D eigenvalue weighted by Gasteiger charge is -2.32. The lowest BCUT2D eigenvalue weighted by atomic mass is 10.0. The molecule has 6 heteroatoms. The van der Waals surface area contributed by atoms with Gasteiger partial charge in [0.25, 0.3) is 0 Å². The average Bonchev–Trinajstić information content (AvgIpc) is 2.71. The first-order valence-corrected chi connectivity index (χ1v) is 9.12. The molecule has 0 saturated carbocycles. The molecule has 1 aromatic rings. The summed E-state index contributed by atoms with van der Waals surface area (Å²) in [5.41, 5.74) is 0.410. The second kappa shape index (κ2) is 8.43. The molecule has 2 rings (SSSR count). The smallest absolute Gasteiger partial charge is 0.410 e. The Labute approximate surface area is 156 Å². The Bertz CT molecular complexity index is 612. The van der Waals surface area contributed by atoms with Crippen LogP contribution in [0.5, 0.6) is 0 Å².